The molecule has 0 radical (unpaired) electrons. The summed E-state index contributed by atoms with van der Waals surface area (Å²) in [6, 6.07) is 14.8. The van der Waals surface area contributed by atoms with Crippen molar-refractivity contribution in [1.29, 1.82) is 0 Å². The molecule has 3 rings (SSSR count). The maximum absolute atomic E-state index is 11.7. The highest BCUT2D eigenvalue weighted by molar-refractivity contribution is 5.91. The van der Waals surface area contributed by atoms with Crippen LogP contribution in [0, 0.1) is 0 Å². The maximum atomic E-state index is 11.7. The summed E-state index contributed by atoms with van der Waals surface area (Å²) in [5.74, 6) is 0.719. The molecule has 1 N–H and O–H groups in total. The molecule has 0 spiro atoms. The molecule has 2 aromatic carbocycles. The van der Waals surface area contributed by atoms with Gasteiger partial charge in [-0.1, -0.05) is 30.4 Å². The quantitative estimate of drug-likeness (QED) is 0.740. The van der Waals surface area contributed by atoms with Crippen molar-refractivity contribution in [3.05, 3.63) is 70.1 Å². The largest absolute Gasteiger partial charge is 0.497 e. The normalized spacial score (nSPS) is 11.0. The van der Waals surface area contributed by atoms with E-state index >= 15 is 0 Å². The number of methoxy groups -OCH3 is 1. The molecule has 0 saturated carbocycles. The number of rotatable bonds is 4. The Morgan fingerprint density at radius 3 is 2.61 bits per heavy atom. The van der Waals surface area contributed by atoms with E-state index in [2.05, 4.69) is 5.32 Å². The van der Waals surface area contributed by atoms with Gasteiger partial charge in [0.05, 0.1) is 7.11 Å². The number of nitrogens with one attached hydrogen (secondary N) is 1. The predicted octanol–water partition coefficient (Wildman–Crippen LogP) is 4.01. The minimum Gasteiger partial charge on any atom is -0.497 e. The van der Waals surface area contributed by atoms with Gasteiger partial charge in [0.2, 0.25) is 0 Å². The van der Waals surface area contributed by atoms with E-state index in [9.17, 15) is 4.79 Å². The molecule has 0 aliphatic rings. The number of ether oxygens (including phenoxy) is 1. The summed E-state index contributed by atoms with van der Waals surface area (Å²) < 4.78 is 10.5. The second-order valence-electron chi connectivity index (χ2n) is 5.05. The molecule has 0 bridgehead atoms. The first kappa shape index (κ1) is 14.9. The van der Waals surface area contributed by atoms with Crippen molar-refractivity contribution in [3.8, 4) is 5.75 Å². The van der Waals surface area contributed by atoms with Crippen LogP contribution in [0.2, 0.25) is 0 Å². The van der Waals surface area contributed by atoms with Crippen LogP contribution in [0.3, 0.4) is 0 Å². The third-order valence-electron chi connectivity index (χ3n) is 3.65. The Hall–Kier alpha value is -3.01. The summed E-state index contributed by atoms with van der Waals surface area (Å²) in [6.45, 7) is 0. The Morgan fingerprint density at radius 1 is 1.04 bits per heavy atom. The first-order valence-corrected chi connectivity index (χ1v) is 7.28. The molecule has 1 aromatic heterocycles. The Balaban J connectivity index is 2.11. The van der Waals surface area contributed by atoms with Crippen molar-refractivity contribution in [2.75, 3.05) is 19.5 Å². The highest BCUT2D eigenvalue weighted by Crippen LogP contribution is 2.25. The van der Waals surface area contributed by atoms with Crippen molar-refractivity contribution in [1.82, 2.24) is 0 Å². The number of hydrogen-bond donors (Lipinski definition) is 1. The molecule has 0 saturated heterocycles. The van der Waals surface area contributed by atoms with Crippen LogP contribution in [0.5, 0.6) is 5.75 Å². The van der Waals surface area contributed by atoms with Crippen molar-refractivity contribution in [3.63, 3.8) is 0 Å². The van der Waals surface area contributed by atoms with E-state index in [1.807, 2.05) is 49.5 Å². The van der Waals surface area contributed by atoms with Crippen LogP contribution in [-0.4, -0.2) is 14.2 Å². The summed E-state index contributed by atoms with van der Waals surface area (Å²) in [5, 5.41) is 3.98. The second kappa shape index (κ2) is 6.40. The fraction of sp³-hybridized carbons (Fsp3) is 0.105. The zero-order valence-electron chi connectivity index (χ0n) is 13.0. The van der Waals surface area contributed by atoms with Gasteiger partial charge >= 0.3 is 5.63 Å². The van der Waals surface area contributed by atoms with Crippen LogP contribution in [-0.2, 0) is 0 Å². The first-order chi connectivity index (χ1) is 11.2. The molecule has 116 valence electrons. The van der Waals surface area contributed by atoms with Gasteiger partial charge in [-0.15, -0.1) is 0 Å². The number of para-hydroxylation sites is 1. The van der Waals surface area contributed by atoms with E-state index in [-0.39, 0.29) is 5.63 Å². The Kier molecular flexibility index (Phi) is 4.15. The van der Waals surface area contributed by atoms with Gasteiger partial charge in [0.15, 0.2) is 0 Å². The Morgan fingerprint density at radius 2 is 1.83 bits per heavy atom. The molecule has 0 fully saturated rings. The molecule has 23 heavy (non-hydrogen) atoms. The lowest BCUT2D eigenvalue weighted by atomic mass is 10.1. The molecule has 0 unspecified atom stereocenters. The first-order valence-electron chi connectivity index (χ1n) is 7.28. The van der Waals surface area contributed by atoms with E-state index in [4.69, 9.17) is 9.15 Å². The van der Waals surface area contributed by atoms with Gasteiger partial charge in [0.25, 0.3) is 0 Å². The zero-order chi connectivity index (χ0) is 16.2. The van der Waals surface area contributed by atoms with Gasteiger partial charge in [-0.25, -0.2) is 4.79 Å². The monoisotopic (exact) mass is 307 g/mol. The van der Waals surface area contributed by atoms with E-state index in [1.165, 1.54) is 6.07 Å². The highest BCUT2D eigenvalue weighted by atomic mass is 16.5. The van der Waals surface area contributed by atoms with Crippen LogP contribution in [0.15, 0.2) is 57.7 Å². The van der Waals surface area contributed by atoms with Gasteiger partial charge < -0.3 is 14.5 Å². The lowest BCUT2D eigenvalue weighted by molar-refractivity contribution is 0.415. The minimum atomic E-state index is -0.371. The van der Waals surface area contributed by atoms with E-state index < -0.39 is 0 Å². The third kappa shape index (κ3) is 3.11. The molecule has 4 nitrogen and oxygen atoms in total. The third-order valence-corrected chi connectivity index (χ3v) is 3.65. The molecule has 1 heterocycles. The summed E-state index contributed by atoms with van der Waals surface area (Å²) in [6.07, 6.45) is 3.88. The number of benzene rings is 2. The lowest BCUT2D eigenvalue weighted by Gasteiger charge is -2.06. The zero-order valence-corrected chi connectivity index (χ0v) is 13.0. The summed E-state index contributed by atoms with van der Waals surface area (Å²) in [7, 11) is 3.49. The molecule has 0 atom stereocenters. The minimum absolute atomic E-state index is 0.371. The maximum Gasteiger partial charge on any atom is 0.336 e. The smallest absolute Gasteiger partial charge is 0.336 e. The summed E-state index contributed by atoms with van der Waals surface area (Å²) in [5.41, 5.74) is 3.03. The summed E-state index contributed by atoms with van der Waals surface area (Å²) in [4.78, 5) is 11.7. The molecule has 0 amide bonds. The van der Waals surface area contributed by atoms with E-state index in [0.29, 0.717) is 5.58 Å². The molecule has 0 aliphatic heterocycles. The molecule has 0 aliphatic carbocycles. The average Bonchev–Trinajstić information content (AvgIpc) is 2.59. The number of hydrogen-bond acceptors (Lipinski definition) is 4. The van der Waals surface area contributed by atoms with Crippen molar-refractivity contribution >= 4 is 28.8 Å². The molecule has 4 heteroatoms. The number of fused-ring (bicyclic) bond motifs is 1. The van der Waals surface area contributed by atoms with Gasteiger partial charge in [-0.05, 0) is 35.4 Å². The lowest BCUT2D eigenvalue weighted by Crippen LogP contribution is -1.98. The fourth-order valence-corrected chi connectivity index (χ4v) is 2.48. The topological polar surface area (TPSA) is 51.5 Å². The number of anilines is 1. The standard InChI is InChI=1S/C19H17NO3/c1-20-17-6-4-3-5-13(17)7-8-14-11-19(21)23-18-10-9-15(22-2)12-16(14)18/h3-12,20H,1-2H3/b8-7+. The van der Waals surface area contributed by atoms with Crippen molar-refractivity contribution in [2.24, 2.45) is 0 Å². The van der Waals surface area contributed by atoms with E-state index in [1.54, 1.807) is 19.2 Å². The van der Waals surface area contributed by atoms with E-state index in [0.717, 1.165) is 28.0 Å². The SMILES string of the molecule is CNc1ccccc1/C=C/c1cc(=O)oc2ccc(OC)cc12. The average molecular weight is 307 g/mol. The fourth-order valence-electron chi connectivity index (χ4n) is 2.48. The Bertz CT molecular complexity index is 925. The molecular weight excluding hydrogens is 290 g/mol. The van der Waals surface area contributed by atoms with Crippen LogP contribution in [0.1, 0.15) is 11.1 Å². The van der Waals surface area contributed by atoms with Crippen LogP contribution >= 0.6 is 0 Å². The van der Waals surface area contributed by atoms with Crippen LogP contribution in [0.25, 0.3) is 23.1 Å². The van der Waals surface area contributed by atoms with Crippen molar-refractivity contribution in [2.45, 2.75) is 0 Å². The Labute approximate surface area is 134 Å². The van der Waals surface area contributed by atoms with Gasteiger partial charge in [0, 0.05) is 24.2 Å². The highest BCUT2D eigenvalue weighted by Gasteiger charge is 2.05. The molecule has 3 aromatic rings. The van der Waals surface area contributed by atoms with Crippen LogP contribution < -0.4 is 15.7 Å². The molecular formula is C19H17NO3. The van der Waals surface area contributed by atoms with Gasteiger partial charge in [-0.3, -0.25) is 0 Å². The van der Waals surface area contributed by atoms with Crippen LogP contribution in [0.4, 0.5) is 5.69 Å². The summed E-state index contributed by atoms with van der Waals surface area (Å²) >= 11 is 0. The van der Waals surface area contributed by atoms with Gasteiger partial charge in [-0.2, -0.15) is 0 Å². The van der Waals surface area contributed by atoms with Crippen molar-refractivity contribution < 1.29 is 9.15 Å². The van der Waals surface area contributed by atoms with Gasteiger partial charge in [0.1, 0.15) is 11.3 Å². The second-order valence-corrected chi connectivity index (χ2v) is 5.05. The predicted molar refractivity (Wildman–Crippen MR) is 94.0 cm³/mol.